The topological polar surface area (TPSA) is 111 Å². The Morgan fingerprint density at radius 2 is 1.79 bits per heavy atom. The lowest BCUT2D eigenvalue weighted by molar-refractivity contribution is -0.114. The largest absolute Gasteiger partial charge is 0.497 e. The van der Waals surface area contributed by atoms with Gasteiger partial charge in [-0.3, -0.25) is 14.4 Å². The Hall–Kier alpha value is -2.83. The predicted molar refractivity (Wildman–Crippen MR) is 135 cm³/mol. The molecule has 1 N–H and O–H groups in total. The highest BCUT2D eigenvalue weighted by atomic mass is 32.2. The fraction of sp³-hybridized carbons (Fsp3) is 0.318. The molecular formula is C22H26N4O5S3. The third-order valence-corrected chi connectivity index (χ3v) is 8.65. The smallest absolute Gasteiger partial charge is 0.264 e. The Balaban J connectivity index is 1.88. The summed E-state index contributed by atoms with van der Waals surface area (Å²) in [5.41, 5.74) is 0.237. The van der Waals surface area contributed by atoms with Gasteiger partial charge in [-0.05, 0) is 42.3 Å². The zero-order valence-corrected chi connectivity index (χ0v) is 21.7. The number of benzene rings is 2. The Morgan fingerprint density at radius 3 is 2.44 bits per heavy atom. The lowest BCUT2D eigenvalue weighted by atomic mass is 10.3. The van der Waals surface area contributed by atoms with Crippen LogP contribution >= 0.6 is 23.1 Å². The van der Waals surface area contributed by atoms with Crippen molar-refractivity contribution in [3.63, 3.8) is 0 Å². The van der Waals surface area contributed by atoms with Crippen LogP contribution in [-0.2, 0) is 14.8 Å². The van der Waals surface area contributed by atoms with Crippen molar-refractivity contribution < 1.29 is 22.7 Å². The van der Waals surface area contributed by atoms with Crippen molar-refractivity contribution in [2.24, 2.45) is 5.92 Å². The molecule has 0 unspecified atom stereocenters. The van der Waals surface area contributed by atoms with E-state index in [1.165, 1.54) is 37.7 Å². The first-order valence-electron chi connectivity index (χ1n) is 10.3. The van der Waals surface area contributed by atoms with E-state index in [0.717, 1.165) is 14.4 Å². The van der Waals surface area contributed by atoms with Gasteiger partial charge < -0.3 is 9.47 Å². The number of rotatable bonds is 11. The van der Waals surface area contributed by atoms with E-state index in [9.17, 15) is 13.2 Å². The third kappa shape index (κ3) is 6.39. The average Bonchev–Trinajstić information content (AvgIpc) is 3.28. The van der Waals surface area contributed by atoms with E-state index in [1.807, 2.05) is 0 Å². The summed E-state index contributed by atoms with van der Waals surface area (Å²) in [5.74, 6) is 1.65. The van der Waals surface area contributed by atoms with Crippen molar-refractivity contribution >= 4 is 49.8 Å². The molecule has 0 aliphatic heterocycles. The number of anilines is 2. The third-order valence-electron chi connectivity index (χ3n) is 4.48. The number of carbonyl (C=O) groups excluding carboxylic acids is 1. The van der Waals surface area contributed by atoms with Gasteiger partial charge in [0, 0.05) is 5.75 Å². The maximum atomic E-state index is 13.6. The fourth-order valence-electron chi connectivity index (χ4n) is 2.86. The Kier molecular flexibility index (Phi) is 8.75. The molecule has 0 aliphatic rings. The molecule has 0 aliphatic carbocycles. The molecule has 0 radical (unpaired) electrons. The van der Waals surface area contributed by atoms with Gasteiger partial charge in [-0.15, -0.1) is 10.2 Å². The molecule has 2 aromatic carbocycles. The van der Waals surface area contributed by atoms with Gasteiger partial charge in [0.05, 0.1) is 24.8 Å². The first kappa shape index (κ1) is 25.8. The number of nitrogens with zero attached hydrogens (tertiary/aromatic N) is 3. The van der Waals surface area contributed by atoms with Crippen LogP contribution < -0.4 is 19.1 Å². The van der Waals surface area contributed by atoms with Crippen LogP contribution in [0.1, 0.15) is 13.8 Å². The van der Waals surface area contributed by atoms with Crippen LogP contribution in [0.4, 0.5) is 10.8 Å². The first-order valence-corrected chi connectivity index (χ1v) is 13.5. The van der Waals surface area contributed by atoms with E-state index in [4.69, 9.17) is 9.47 Å². The average molecular weight is 523 g/mol. The van der Waals surface area contributed by atoms with Crippen LogP contribution in [0.15, 0.2) is 57.8 Å². The Bertz CT molecular complexity index is 1210. The zero-order chi connectivity index (χ0) is 24.7. The monoisotopic (exact) mass is 522 g/mol. The van der Waals surface area contributed by atoms with E-state index in [-0.39, 0.29) is 10.6 Å². The second-order valence-electron chi connectivity index (χ2n) is 7.49. The van der Waals surface area contributed by atoms with Crippen molar-refractivity contribution in [1.29, 1.82) is 0 Å². The van der Waals surface area contributed by atoms with Crippen molar-refractivity contribution in [3.8, 4) is 11.5 Å². The maximum absolute atomic E-state index is 13.6. The van der Waals surface area contributed by atoms with Gasteiger partial charge in [0.25, 0.3) is 10.0 Å². The molecule has 3 rings (SSSR count). The number of amides is 1. The lowest BCUT2D eigenvalue weighted by Crippen LogP contribution is -2.38. The van der Waals surface area contributed by atoms with Gasteiger partial charge in [-0.1, -0.05) is 49.1 Å². The summed E-state index contributed by atoms with van der Waals surface area (Å²) < 4.78 is 39.4. The summed E-state index contributed by atoms with van der Waals surface area (Å²) in [6, 6.07) is 12.6. The number of hydrogen-bond donors (Lipinski definition) is 1. The summed E-state index contributed by atoms with van der Waals surface area (Å²) in [4.78, 5) is 12.9. The van der Waals surface area contributed by atoms with E-state index >= 15 is 0 Å². The Morgan fingerprint density at radius 1 is 1.09 bits per heavy atom. The Labute approximate surface area is 207 Å². The number of carbonyl (C=O) groups is 1. The molecule has 1 aromatic heterocycles. The molecule has 3 aromatic rings. The fourth-order valence-corrected chi connectivity index (χ4v) is 6.03. The molecule has 12 heteroatoms. The van der Waals surface area contributed by atoms with E-state index in [0.29, 0.717) is 22.5 Å². The van der Waals surface area contributed by atoms with Gasteiger partial charge >= 0.3 is 0 Å². The zero-order valence-electron chi connectivity index (χ0n) is 19.2. The minimum Gasteiger partial charge on any atom is -0.497 e. The molecule has 9 nitrogen and oxygen atoms in total. The van der Waals surface area contributed by atoms with Gasteiger partial charge in [0.15, 0.2) is 4.34 Å². The normalized spacial score (nSPS) is 11.3. The van der Waals surface area contributed by atoms with Gasteiger partial charge in [0.2, 0.25) is 11.0 Å². The highest BCUT2D eigenvalue weighted by Gasteiger charge is 2.29. The number of para-hydroxylation sites is 2. The van der Waals surface area contributed by atoms with Crippen LogP contribution in [0.3, 0.4) is 0 Å². The van der Waals surface area contributed by atoms with Gasteiger partial charge in [0.1, 0.15) is 18.0 Å². The second-order valence-corrected chi connectivity index (χ2v) is 11.6. The van der Waals surface area contributed by atoms with E-state index < -0.39 is 22.5 Å². The molecule has 0 fully saturated rings. The molecule has 0 saturated heterocycles. The van der Waals surface area contributed by atoms with Crippen molar-refractivity contribution in [2.75, 3.05) is 36.1 Å². The number of thioether (sulfide) groups is 1. The molecule has 1 amide bonds. The quantitative estimate of drug-likeness (QED) is 0.296. The number of methoxy groups -OCH3 is 2. The summed E-state index contributed by atoms with van der Waals surface area (Å²) in [7, 11) is -1.18. The number of hydrogen-bond acceptors (Lipinski definition) is 9. The first-order chi connectivity index (χ1) is 16.2. The standard InChI is InChI=1S/C22H26N4O5S3/c1-15(2)14-32-22-25-24-21(33-22)23-20(27)13-26(18-7-5-6-8-19(18)31-4)34(28,29)17-11-9-16(30-3)10-12-17/h5-12,15H,13-14H2,1-4H3,(H,23,24,27). The molecule has 0 atom stereocenters. The SMILES string of the molecule is COc1ccc(S(=O)(=O)N(CC(=O)Nc2nnc(SCC(C)C)s2)c2ccccc2OC)cc1. The van der Waals surface area contributed by atoms with Crippen molar-refractivity contribution in [1.82, 2.24) is 10.2 Å². The van der Waals surface area contributed by atoms with Crippen LogP contribution in [0.25, 0.3) is 0 Å². The minimum atomic E-state index is -4.11. The summed E-state index contributed by atoms with van der Waals surface area (Å²) in [5, 5.41) is 11.0. The molecule has 34 heavy (non-hydrogen) atoms. The molecule has 0 spiro atoms. The summed E-state index contributed by atoms with van der Waals surface area (Å²) in [6.07, 6.45) is 0. The molecular weight excluding hydrogens is 496 g/mol. The number of aromatic nitrogens is 2. The minimum absolute atomic E-state index is 0.00953. The second kappa shape index (κ2) is 11.5. The number of nitrogens with one attached hydrogen (secondary N) is 1. The van der Waals surface area contributed by atoms with Crippen LogP contribution in [0, 0.1) is 5.92 Å². The van der Waals surface area contributed by atoms with Crippen molar-refractivity contribution in [3.05, 3.63) is 48.5 Å². The van der Waals surface area contributed by atoms with E-state index in [2.05, 4.69) is 29.4 Å². The predicted octanol–water partition coefficient (Wildman–Crippen LogP) is 4.14. The van der Waals surface area contributed by atoms with Gasteiger partial charge in [-0.2, -0.15) is 0 Å². The molecule has 0 bridgehead atoms. The maximum Gasteiger partial charge on any atom is 0.264 e. The number of sulfonamides is 1. The summed E-state index contributed by atoms with van der Waals surface area (Å²) in [6.45, 7) is 3.72. The van der Waals surface area contributed by atoms with Crippen LogP contribution in [-0.4, -0.2) is 51.0 Å². The molecule has 1 heterocycles. The highest BCUT2D eigenvalue weighted by Crippen LogP contribution is 2.33. The van der Waals surface area contributed by atoms with Crippen molar-refractivity contribution in [2.45, 2.75) is 23.1 Å². The summed E-state index contributed by atoms with van der Waals surface area (Å²) >= 11 is 2.80. The lowest BCUT2D eigenvalue weighted by Gasteiger charge is -2.25. The van der Waals surface area contributed by atoms with Gasteiger partial charge in [-0.25, -0.2) is 8.42 Å². The van der Waals surface area contributed by atoms with Crippen LogP contribution in [0.2, 0.25) is 0 Å². The number of ether oxygens (including phenoxy) is 2. The van der Waals surface area contributed by atoms with E-state index in [1.54, 1.807) is 48.2 Å². The van der Waals surface area contributed by atoms with Crippen LogP contribution in [0.5, 0.6) is 11.5 Å². The highest BCUT2D eigenvalue weighted by molar-refractivity contribution is 8.01. The molecule has 182 valence electrons. The molecule has 0 saturated carbocycles.